The Hall–Kier alpha value is -0.540. The fourth-order valence-corrected chi connectivity index (χ4v) is 2.33. The molecule has 0 unspecified atom stereocenters. The topological polar surface area (TPSA) is 34.1 Å². The first kappa shape index (κ1) is 12.5. The molecule has 0 radical (unpaired) electrons. The molecule has 84 valence electrons. The maximum Gasteiger partial charge on any atom is 0.261 e. The predicted octanol–water partition coefficient (Wildman–Crippen LogP) is 3.52. The Morgan fingerprint density at radius 3 is 2.20 bits per heavy atom. The van der Waals surface area contributed by atoms with E-state index in [1.165, 1.54) is 0 Å². The van der Waals surface area contributed by atoms with Gasteiger partial charge in [0, 0.05) is 10.7 Å². The van der Waals surface area contributed by atoms with E-state index in [1.807, 2.05) is 12.1 Å². The van der Waals surface area contributed by atoms with Crippen molar-refractivity contribution in [2.75, 3.05) is 0 Å². The summed E-state index contributed by atoms with van der Waals surface area (Å²) in [6.07, 6.45) is 2.23. The van der Waals surface area contributed by atoms with Crippen LogP contribution >= 0.6 is 10.7 Å². The van der Waals surface area contributed by atoms with Crippen molar-refractivity contribution in [1.29, 1.82) is 0 Å². The molecule has 4 heteroatoms. The van der Waals surface area contributed by atoms with E-state index in [9.17, 15) is 8.42 Å². The number of benzene rings is 1. The zero-order chi connectivity index (χ0) is 11.5. The van der Waals surface area contributed by atoms with Crippen molar-refractivity contribution in [3.8, 4) is 0 Å². The Bertz CT molecular complexity index is 409. The minimum absolute atomic E-state index is 0.164. The van der Waals surface area contributed by atoms with Crippen LogP contribution in [0.25, 0.3) is 0 Å². The smallest absolute Gasteiger partial charge is 0.207 e. The molecule has 0 saturated carbocycles. The van der Waals surface area contributed by atoms with Crippen molar-refractivity contribution in [2.45, 2.75) is 37.5 Å². The third kappa shape index (κ3) is 3.50. The van der Waals surface area contributed by atoms with E-state index < -0.39 is 9.05 Å². The van der Waals surface area contributed by atoms with Gasteiger partial charge in [0.1, 0.15) is 0 Å². The summed E-state index contributed by atoms with van der Waals surface area (Å²) in [4.78, 5) is 0.164. The number of rotatable bonds is 4. The Kier molecular flexibility index (Phi) is 4.17. The lowest BCUT2D eigenvalue weighted by molar-refractivity contribution is 0.609. The van der Waals surface area contributed by atoms with Crippen LogP contribution in [0, 0.1) is 0 Å². The highest BCUT2D eigenvalue weighted by molar-refractivity contribution is 8.13. The largest absolute Gasteiger partial charge is 0.261 e. The Labute approximate surface area is 95.7 Å². The lowest BCUT2D eigenvalue weighted by Gasteiger charge is -2.10. The summed E-state index contributed by atoms with van der Waals surface area (Å²) in [6.45, 7) is 4.27. The van der Waals surface area contributed by atoms with Gasteiger partial charge in [0.05, 0.1) is 4.90 Å². The maximum atomic E-state index is 11.0. The monoisotopic (exact) mass is 246 g/mol. The quantitative estimate of drug-likeness (QED) is 0.762. The molecule has 0 heterocycles. The van der Waals surface area contributed by atoms with E-state index >= 15 is 0 Å². The normalized spacial score (nSPS) is 13.8. The molecule has 0 N–H and O–H groups in total. The molecule has 0 aliphatic rings. The molecule has 1 aromatic carbocycles. The number of hydrogen-bond acceptors (Lipinski definition) is 2. The average Bonchev–Trinajstić information content (AvgIpc) is 2.17. The van der Waals surface area contributed by atoms with Gasteiger partial charge in [0.15, 0.2) is 0 Å². The van der Waals surface area contributed by atoms with Crippen LogP contribution in [-0.4, -0.2) is 8.42 Å². The van der Waals surface area contributed by atoms with E-state index in [2.05, 4.69) is 13.8 Å². The van der Waals surface area contributed by atoms with Gasteiger partial charge in [-0.1, -0.05) is 32.4 Å². The van der Waals surface area contributed by atoms with Gasteiger partial charge in [0.25, 0.3) is 9.05 Å². The van der Waals surface area contributed by atoms with Crippen LogP contribution < -0.4 is 0 Å². The molecule has 1 aromatic rings. The average molecular weight is 247 g/mol. The summed E-state index contributed by atoms with van der Waals surface area (Å²) in [5.74, 6) is 0.460. The van der Waals surface area contributed by atoms with Gasteiger partial charge in [-0.25, -0.2) is 8.42 Å². The number of hydrogen-bond donors (Lipinski definition) is 0. The second kappa shape index (κ2) is 4.99. The number of halogens is 1. The first-order chi connectivity index (χ1) is 6.95. The molecule has 1 rings (SSSR count). The van der Waals surface area contributed by atoms with Gasteiger partial charge in [-0.2, -0.15) is 0 Å². The van der Waals surface area contributed by atoms with Crippen molar-refractivity contribution in [3.05, 3.63) is 29.8 Å². The highest BCUT2D eigenvalue weighted by atomic mass is 35.7. The van der Waals surface area contributed by atoms with Crippen molar-refractivity contribution in [2.24, 2.45) is 0 Å². The fraction of sp³-hybridized carbons (Fsp3) is 0.455. The van der Waals surface area contributed by atoms with Gasteiger partial charge < -0.3 is 0 Å². The van der Waals surface area contributed by atoms with E-state index in [-0.39, 0.29) is 4.90 Å². The summed E-state index contributed by atoms with van der Waals surface area (Å²) in [7, 11) is 1.64. The second-order valence-electron chi connectivity index (χ2n) is 3.70. The van der Waals surface area contributed by atoms with Crippen LogP contribution in [0.5, 0.6) is 0 Å². The Morgan fingerprint density at radius 2 is 1.80 bits per heavy atom. The van der Waals surface area contributed by atoms with E-state index in [4.69, 9.17) is 10.7 Å². The van der Waals surface area contributed by atoms with E-state index in [1.54, 1.807) is 12.1 Å². The maximum absolute atomic E-state index is 11.0. The highest BCUT2D eigenvalue weighted by Gasteiger charge is 2.10. The standard InChI is InChI=1S/C11H15ClO2S/c1-3-4-9(2)10-5-7-11(8-6-10)15(12,13)14/h5-9H,3-4H2,1-2H3/t9-/m0/s1. The lowest BCUT2D eigenvalue weighted by atomic mass is 9.97. The van der Waals surface area contributed by atoms with Crippen LogP contribution in [0.2, 0.25) is 0 Å². The molecular weight excluding hydrogens is 232 g/mol. The minimum atomic E-state index is -3.59. The van der Waals surface area contributed by atoms with E-state index in [0.29, 0.717) is 5.92 Å². The lowest BCUT2D eigenvalue weighted by Crippen LogP contribution is -1.95. The molecule has 0 bridgehead atoms. The van der Waals surface area contributed by atoms with Crippen LogP contribution in [-0.2, 0) is 9.05 Å². The van der Waals surface area contributed by atoms with Gasteiger partial charge in [-0.3, -0.25) is 0 Å². The first-order valence-corrected chi connectivity index (χ1v) is 7.30. The zero-order valence-electron chi connectivity index (χ0n) is 8.90. The summed E-state index contributed by atoms with van der Waals surface area (Å²) >= 11 is 0. The molecule has 15 heavy (non-hydrogen) atoms. The molecule has 2 nitrogen and oxygen atoms in total. The van der Waals surface area contributed by atoms with Crippen molar-refractivity contribution in [3.63, 3.8) is 0 Å². The SMILES string of the molecule is CCC[C@H](C)c1ccc(S(=O)(=O)Cl)cc1. The van der Waals surface area contributed by atoms with Gasteiger partial charge >= 0.3 is 0 Å². The molecule has 0 amide bonds. The molecule has 0 spiro atoms. The van der Waals surface area contributed by atoms with Gasteiger partial charge in [0.2, 0.25) is 0 Å². The summed E-state index contributed by atoms with van der Waals surface area (Å²) in [6, 6.07) is 6.78. The van der Waals surface area contributed by atoms with Crippen molar-refractivity contribution >= 4 is 19.7 Å². The zero-order valence-corrected chi connectivity index (χ0v) is 10.5. The Balaban J connectivity index is 2.90. The molecule has 0 aliphatic heterocycles. The van der Waals surface area contributed by atoms with Crippen LogP contribution in [0.4, 0.5) is 0 Å². The molecule has 0 saturated heterocycles. The van der Waals surface area contributed by atoms with Gasteiger partial charge in [-0.05, 0) is 30.0 Å². The summed E-state index contributed by atoms with van der Waals surface area (Å²) in [5.41, 5.74) is 1.15. The predicted molar refractivity (Wildman–Crippen MR) is 62.8 cm³/mol. The molecule has 0 fully saturated rings. The third-order valence-corrected chi connectivity index (χ3v) is 3.82. The molecular formula is C11H15ClO2S. The van der Waals surface area contributed by atoms with E-state index in [0.717, 1.165) is 18.4 Å². The molecule has 1 atom stereocenters. The Morgan fingerprint density at radius 1 is 1.27 bits per heavy atom. The van der Waals surface area contributed by atoms with Crippen molar-refractivity contribution in [1.82, 2.24) is 0 Å². The second-order valence-corrected chi connectivity index (χ2v) is 6.26. The van der Waals surface area contributed by atoms with Crippen LogP contribution in [0.15, 0.2) is 29.2 Å². The van der Waals surface area contributed by atoms with Gasteiger partial charge in [-0.15, -0.1) is 0 Å². The minimum Gasteiger partial charge on any atom is -0.207 e. The summed E-state index contributed by atoms with van der Waals surface area (Å²) < 4.78 is 22.0. The summed E-state index contributed by atoms with van der Waals surface area (Å²) in [5, 5.41) is 0. The fourth-order valence-electron chi connectivity index (χ4n) is 1.56. The third-order valence-electron chi connectivity index (χ3n) is 2.45. The molecule has 0 aliphatic carbocycles. The first-order valence-electron chi connectivity index (χ1n) is 4.99. The molecule has 0 aromatic heterocycles. The highest BCUT2D eigenvalue weighted by Crippen LogP contribution is 2.23. The van der Waals surface area contributed by atoms with Crippen LogP contribution in [0.3, 0.4) is 0 Å². The van der Waals surface area contributed by atoms with Crippen LogP contribution in [0.1, 0.15) is 38.2 Å². The van der Waals surface area contributed by atoms with Crippen molar-refractivity contribution < 1.29 is 8.42 Å².